The molecule has 2 heteroatoms. The number of rotatable bonds is 7. The summed E-state index contributed by atoms with van der Waals surface area (Å²) in [6.45, 7) is 9.71. The van der Waals surface area contributed by atoms with Gasteiger partial charge in [-0.1, -0.05) is 25.1 Å². The largest absolute Gasteiger partial charge is 0.382 e. The van der Waals surface area contributed by atoms with Crippen LogP contribution in [0, 0.1) is 13.8 Å². The highest BCUT2D eigenvalue weighted by Crippen LogP contribution is 2.22. The summed E-state index contributed by atoms with van der Waals surface area (Å²) in [6, 6.07) is 7.13. The van der Waals surface area contributed by atoms with E-state index in [0.29, 0.717) is 6.04 Å². The van der Waals surface area contributed by atoms with Crippen molar-refractivity contribution >= 4 is 0 Å². The Balaban J connectivity index is 2.82. The fraction of sp³-hybridized carbons (Fsp3) is 0.625. The Morgan fingerprint density at radius 1 is 1.22 bits per heavy atom. The lowest BCUT2D eigenvalue weighted by atomic mass is 9.97. The number of hydrogen-bond acceptors (Lipinski definition) is 2. The van der Waals surface area contributed by atoms with Gasteiger partial charge in [0.25, 0.3) is 0 Å². The molecule has 1 N–H and O–H groups in total. The molecule has 2 nitrogen and oxygen atoms in total. The number of benzene rings is 1. The summed E-state index contributed by atoms with van der Waals surface area (Å²) in [5, 5.41) is 3.62. The maximum Gasteiger partial charge on any atom is 0.0561 e. The van der Waals surface area contributed by atoms with Gasteiger partial charge in [0.2, 0.25) is 0 Å². The van der Waals surface area contributed by atoms with E-state index in [2.05, 4.69) is 51.2 Å². The molecule has 0 aromatic heterocycles. The van der Waals surface area contributed by atoms with E-state index in [1.807, 2.05) is 0 Å². The second-order valence-electron chi connectivity index (χ2n) is 5.13. The van der Waals surface area contributed by atoms with E-state index in [9.17, 15) is 0 Å². The smallest absolute Gasteiger partial charge is 0.0561 e. The molecule has 0 heterocycles. The van der Waals surface area contributed by atoms with E-state index in [-0.39, 0.29) is 6.10 Å². The average Bonchev–Trinajstić information content (AvgIpc) is 2.37. The van der Waals surface area contributed by atoms with Crippen molar-refractivity contribution in [1.82, 2.24) is 5.32 Å². The normalized spacial score (nSPS) is 14.5. The molecule has 0 saturated heterocycles. The second-order valence-corrected chi connectivity index (χ2v) is 5.13. The Morgan fingerprint density at radius 2 is 1.94 bits per heavy atom. The Labute approximate surface area is 112 Å². The molecule has 0 spiro atoms. The van der Waals surface area contributed by atoms with Crippen LogP contribution in [0.5, 0.6) is 0 Å². The van der Waals surface area contributed by atoms with Gasteiger partial charge in [-0.05, 0) is 56.8 Å². The zero-order valence-electron chi connectivity index (χ0n) is 12.4. The van der Waals surface area contributed by atoms with Gasteiger partial charge in [-0.25, -0.2) is 0 Å². The third-order valence-corrected chi connectivity index (χ3v) is 3.54. The van der Waals surface area contributed by atoms with E-state index < -0.39 is 0 Å². The van der Waals surface area contributed by atoms with Crippen LogP contribution in [0.4, 0.5) is 0 Å². The molecule has 0 saturated carbocycles. The third-order valence-electron chi connectivity index (χ3n) is 3.54. The lowest BCUT2D eigenvalue weighted by Gasteiger charge is -2.23. The molecule has 0 aliphatic rings. The predicted octanol–water partition coefficient (Wildman–Crippen LogP) is 3.77. The van der Waals surface area contributed by atoms with Crippen LogP contribution in [0.15, 0.2) is 18.2 Å². The number of nitrogens with one attached hydrogen (secondary N) is 1. The maximum atomic E-state index is 5.40. The van der Waals surface area contributed by atoms with Crippen LogP contribution < -0.4 is 5.32 Å². The Kier molecular flexibility index (Phi) is 6.37. The van der Waals surface area contributed by atoms with E-state index in [0.717, 1.165) is 19.4 Å². The van der Waals surface area contributed by atoms with Gasteiger partial charge >= 0.3 is 0 Å². The number of methoxy groups -OCH3 is 1. The second kappa shape index (κ2) is 7.55. The monoisotopic (exact) mass is 249 g/mol. The van der Waals surface area contributed by atoms with Crippen LogP contribution in [-0.2, 0) is 4.74 Å². The van der Waals surface area contributed by atoms with Crippen LogP contribution in [0.1, 0.15) is 49.4 Å². The zero-order valence-corrected chi connectivity index (χ0v) is 12.4. The Hall–Kier alpha value is -0.860. The average molecular weight is 249 g/mol. The molecule has 1 aromatic carbocycles. The first-order valence-corrected chi connectivity index (χ1v) is 6.91. The molecule has 0 fully saturated rings. The van der Waals surface area contributed by atoms with Crippen molar-refractivity contribution in [3.05, 3.63) is 34.9 Å². The molecule has 102 valence electrons. The highest BCUT2D eigenvalue weighted by Gasteiger charge is 2.14. The van der Waals surface area contributed by atoms with Crippen molar-refractivity contribution in [3.8, 4) is 0 Å². The molecule has 1 aromatic rings. The third kappa shape index (κ3) is 4.43. The molecule has 0 radical (unpaired) electrons. The Bertz CT molecular complexity index is 362. The van der Waals surface area contributed by atoms with Crippen molar-refractivity contribution in [2.75, 3.05) is 13.7 Å². The van der Waals surface area contributed by atoms with Crippen molar-refractivity contribution < 1.29 is 4.74 Å². The fourth-order valence-electron chi connectivity index (χ4n) is 2.07. The van der Waals surface area contributed by atoms with Gasteiger partial charge in [0.1, 0.15) is 0 Å². The summed E-state index contributed by atoms with van der Waals surface area (Å²) in [4.78, 5) is 0. The number of ether oxygens (including phenoxy) is 1. The van der Waals surface area contributed by atoms with Gasteiger partial charge < -0.3 is 10.1 Å². The molecule has 2 unspecified atom stereocenters. The van der Waals surface area contributed by atoms with Gasteiger partial charge in [0, 0.05) is 13.2 Å². The topological polar surface area (TPSA) is 21.3 Å². The maximum absolute atomic E-state index is 5.40. The van der Waals surface area contributed by atoms with Crippen molar-refractivity contribution in [1.29, 1.82) is 0 Å². The summed E-state index contributed by atoms with van der Waals surface area (Å²) in [5.74, 6) is 0. The van der Waals surface area contributed by atoms with Gasteiger partial charge in [0.05, 0.1) is 6.10 Å². The molecule has 0 amide bonds. The first-order valence-electron chi connectivity index (χ1n) is 6.91. The van der Waals surface area contributed by atoms with Gasteiger partial charge in [-0.15, -0.1) is 0 Å². The quantitative estimate of drug-likeness (QED) is 0.794. The standard InChI is InChI=1S/C16H27NO/c1-6-9-17-16(11-14(4)18-5)15-8-7-12(2)13(3)10-15/h7-8,10,14,16-17H,6,9,11H2,1-5H3. The van der Waals surface area contributed by atoms with E-state index in [4.69, 9.17) is 4.74 Å². The highest BCUT2D eigenvalue weighted by molar-refractivity contribution is 5.31. The highest BCUT2D eigenvalue weighted by atomic mass is 16.5. The fourth-order valence-corrected chi connectivity index (χ4v) is 2.07. The first-order chi connectivity index (χ1) is 8.58. The molecule has 0 aliphatic heterocycles. The molecule has 18 heavy (non-hydrogen) atoms. The van der Waals surface area contributed by atoms with Crippen LogP contribution in [0.3, 0.4) is 0 Å². The Morgan fingerprint density at radius 3 is 2.50 bits per heavy atom. The minimum Gasteiger partial charge on any atom is -0.382 e. The molecule has 0 aliphatic carbocycles. The minimum atomic E-state index is 0.279. The summed E-state index contributed by atoms with van der Waals surface area (Å²) in [7, 11) is 1.78. The lowest BCUT2D eigenvalue weighted by molar-refractivity contribution is 0.100. The summed E-state index contributed by atoms with van der Waals surface area (Å²) in [5.41, 5.74) is 4.09. The van der Waals surface area contributed by atoms with Crippen LogP contribution >= 0.6 is 0 Å². The van der Waals surface area contributed by atoms with Crippen molar-refractivity contribution in [2.24, 2.45) is 0 Å². The molecular formula is C16H27NO. The van der Waals surface area contributed by atoms with Crippen LogP contribution in [0.25, 0.3) is 0 Å². The zero-order chi connectivity index (χ0) is 13.5. The summed E-state index contributed by atoms with van der Waals surface area (Å²) >= 11 is 0. The minimum absolute atomic E-state index is 0.279. The number of hydrogen-bond donors (Lipinski definition) is 1. The van der Waals surface area contributed by atoms with Gasteiger partial charge in [0.15, 0.2) is 0 Å². The first kappa shape index (κ1) is 15.2. The van der Waals surface area contributed by atoms with Crippen LogP contribution in [0.2, 0.25) is 0 Å². The summed E-state index contributed by atoms with van der Waals surface area (Å²) < 4.78 is 5.40. The number of aryl methyl sites for hydroxylation is 2. The SMILES string of the molecule is CCCNC(CC(C)OC)c1ccc(C)c(C)c1. The van der Waals surface area contributed by atoms with Crippen molar-refractivity contribution in [3.63, 3.8) is 0 Å². The molecular weight excluding hydrogens is 222 g/mol. The van der Waals surface area contributed by atoms with Crippen LogP contribution in [-0.4, -0.2) is 19.8 Å². The molecule has 0 bridgehead atoms. The summed E-state index contributed by atoms with van der Waals surface area (Å²) in [6.07, 6.45) is 2.45. The predicted molar refractivity (Wildman–Crippen MR) is 78.0 cm³/mol. The van der Waals surface area contributed by atoms with E-state index >= 15 is 0 Å². The lowest BCUT2D eigenvalue weighted by Crippen LogP contribution is -2.26. The molecule has 2 atom stereocenters. The molecule has 1 rings (SSSR count). The van der Waals surface area contributed by atoms with Gasteiger partial charge in [-0.2, -0.15) is 0 Å². The van der Waals surface area contributed by atoms with Gasteiger partial charge in [-0.3, -0.25) is 0 Å². The van der Waals surface area contributed by atoms with Crippen molar-refractivity contribution in [2.45, 2.75) is 52.7 Å². The van der Waals surface area contributed by atoms with E-state index in [1.165, 1.54) is 16.7 Å². The van der Waals surface area contributed by atoms with E-state index in [1.54, 1.807) is 7.11 Å².